The molecule has 2 aromatic rings. The Morgan fingerprint density at radius 3 is 1.83 bits per heavy atom. The molecule has 0 saturated heterocycles. The molecule has 0 bridgehead atoms. The van der Waals surface area contributed by atoms with Crippen molar-refractivity contribution in [1.82, 2.24) is 0 Å². The molecule has 0 spiro atoms. The topological polar surface area (TPSA) is 0 Å². The summed E-state index contributed by atoms with van der Waals surface area (Å²) >= 11 is 0. The predicted molar refractivity (Wildman–Crippen MR) is 85.4 cm³/mol. The van der Waals surface area contributed by atoms with Crippen molar-refractivity contribution in [1.29, 1.82) is 0 Å². The highest BCUT2D eigenvalue weighted by Crippen LogP contribution is 2.20. The zero-order valence-electron chi connectivity index (χ0n) is 12.8. The maximum Gasteiger partial charge on any atom is -0.0181 e. The van der Waals surface area contributed by atoms with Crippen molar-refractivity contribution in [3.63, 3.8) is 0 Å². The Kier molecular flexibility index (Phi) is 9.00. The number of hydrogen-bond donors (Lipinski definition) is 0. The SMILES string of the molecule is CC.CC(C)c1ccc2ccccc2c1.CCC. The minimum absolute atomic E-state index is 0.615. The minimum Gasteiger partial charge on any atom is -0.0683 e. The van der Waals surface area contributed by atoms with Gasteiger partial charge in [0.05, 0.1) is 0 Å². The fraction of sp³-hybridized carbons (Fsp3) is 0.444. The molecule has 0 atom stereocenters. The molecule has 0 aliphatic heterocycles. The molecule has 0 heterocycles. The highest BCUT2D eigenvalue weighted by Gasteiger charge is 1.99. The summed E-state index contributed by atoms with van der Waals surface area (Å²) in [5.74, 6) is 0.615. The Morgan fingerprint density at radius 1 is 0.833 bits per heavy atom. The van der Waals surface area contributed by atoms with Gasteiger partial charge in [0, 0.05) is 0 Å². The average molecular weight is 244 g/mol. The van der Waals surface area contributed by atoms with E-state index in [1.54, 1.807) is 0 Å². The molecule has 100 valence electrons. The van der Waals surface area contributed by atoms with Crippen molar-refractivity contribution >= 4 is 10.8 Å². The van der Waals surface area contributed by atoms with Gasteiger partial charge < -0.3 is 0 Å². The van der Waals surface area contributed by atoms with E-state index in [4.69, 9.17) is 0 Å². The second kappa shape index (κ2) is 9.70. The van der Waals surface area contributed by atoms with Crippen LogP contribution in [0.25, 0.3) is 10.8 Å². The lowest BCUT2D eigenvalue weighted by molar-refractivity contribution is 0.869. The van der Waals surface area contributed by atoms with E-state index in [9.17, 15) is 0 Å². The van der Waals surface area contributed by atoms with Gasteiger partial charge in [-0.3, -0.25) is 0 Å². The van der Waals surface area contributed by atoms with Crippen LogP contribution in [-0.4, -0.2) is 0 Å². The summed E-state index contributed by atoms with van der Waals surface area (Å²) in [6.45, 7) is 12.7. The van der Waals surface area contributed by atoms with E-state index >= 15 is 0 Å². The number of hydrogen-bond acceptors (Lipinski definition) is 0. The van der Waals surface area contributed by atoms with Crippen LogP contribution >= 0.6 is 0 Å². The summed E-state index contributed by atoms with van der Waals surface area (Å²) in [6.07, 6.45) is 1.25. The minimum atomic E-state index is 0.615. The lowest BCUT2D eigenvalue weighted by atomic mass is 9.99. The molecule has 0 fully saturated rings. The molecule has 0 aliphatic carbocycles. The fourth-order valence-corrected chi connectivity index (χ4v) is 1.57. The van der Waals surface area contributed by atoms with E-state index < -0.39 is 0 Å². The van der Waals surface area contributed by atoms with Gasteiger partial charge >= 0.3 is 0 Å². The Bertz CT molecular complexity index is 427. The number of benzene rings is 2. The van der Waals surface area contributed by atoms with Gasteiger partial charge in [0.25, 0.3) is 0 Å². The lowest BCUT2D eigenvalue weighted by Gasteiger charge is -2.06. The standard InChI is InChI=1S/C13H14.C3H8.C2H6/c1-10(2)12-8-7-11-5-3-4-6-13(11)9-12;1-3-2;1-2/h3-10H,1-2H3;3H2,1-2H3;1-2H3. The van der Waals surface area contributed by atoms with Crippen LogP contribution in [0.4, 0.5) is 0 Å². The number of fused-ring (bicyclic) bond motifs is 1. The van der Waals surface area contributed by atoms with Crippen molar-refractivity contribution in [2.45, 2.75) is 53.9 Å². The summed E-state index contributed by atoms with van der Waals surface area (Å²) in [6, 6.07) is 15.2. The lowest BCUT2D eigenvalue weighted by Crippen LogP contribution is -1.85. The predicted octanol–water partition coefficient (Wildman–Crippen LogP) is 6.41. The van der Waals surface area contributed by atoms with Crippen LogP contribution < -0.4 is 0 Å². The highest BCUT2D eigenvalue weighted by molar-refractivity contribution is 5.83. The molecule has 0 heteroatoms. The van der Waals surface area contributed by atoms with E-state index in [2.05, 4.69) is 70.2 Å². The molecule has 0 radical (unpaired) electrons. The van der Waals surface area contributed by atoms with Gasteiger partial charge in [0.15, 0.2) is 0 Å². The second-order valence-electron chi connectivity index (χ2n) is 4.47. The molecule has 0 unspecified atom stereocenters. The summed E-state index contributed by atoms with van der Waals surface area (Å²) in [5, 5.41) is 2.67. The quantitative estimate of drug-likeness (QED) is 0.544. The largest absolute Gasteiger partial charge is 0.0683 e. The molecule has 2 aromatic carbocycles. The van der Waals surface area contributed by atoms with Crippen molar-refractivity contribution in [3.05, 3.63) is 48.0 Å². The molecule has 2 rings (SSSR count). The van der Waals surface area contributed by atoms with E-state index in [1.807, 2.05) is 13.8 Å². The fourth-order valence-electron chi connectivity index (χ4n) is 1.57. The third-order valence-corrected chi connectivity index (χ3v) is 2.44. The molecule has 0 aliphatic rings. The summed E-state index contributed by atoms with van der Waals surface area (Å²) in [4.78, 5) is 0. The normalized spacial score (nSPS) is 9.28. The molecule has 0 nitrogen and oxygen atoms in total. The van der Waals surface area contributed by atoms with Crippen LogP contribution in [0.2, 0.25) is 0 Å². The van der Waals surface area contributed by atoms with Gasteiger partial charge in [-0.1, -0.05) is 90.4 Å². The Morgan fingerprint density at radius 2 is 1.33 bits per heavy atom. The zero-order chi connectivity index (χ0) is 14.0. The van der Waals surface area contributed by atoms with Crippen molar-refractivity contribution < 1.29 is 0 Å². The molecular formula is C18H28. The molecule has 0 aromatic heterocycles. The zero-order valence-corrected chi connectivity index (χ0v) is 12.8. The van der Waals surface area contributed by atoms with Crippen LogP contribution in [-0.2, 0) is 0 Å². The molecule has 0 N–H and O–H groups in total. The maximum absolute atomic E-state index is 2.28. The Balaban J connectivity index is 0.000000509. The maximum atomic E-state index is 2.28. The smallest absolute Gasteiger partial charge is 0.0181 e. The summed E-state index contributed by atoms with van der Waals surface area (Å²) in [5.41, 5.74) is 1.42. The second-order valence-corrected chi connectivity index (χ2v) is 4.47. The van der Waals surface area contributed by atoms with E-state index in [0.717, 1.165) is 0 Å². The van der Waals surface area contributed by atoms with Crippen molar-refractivity contribution in [3.8, 4) is 0 Å². The third kappa shape index (κ3) is 5.35. The van der Waals surface area contributed by atoms with Crippen molar-refractivity contribution in [2.75, 3.05) is 0 Å². The van der Waals surface area contributed by atoms with Crippen molar-refractivity contribution in [2.24, 2.45) is 0 Å². The van der Waals surface area contributed by atoms with E-state index in [-0.39, 0.29) is 0 Å². The van der Waals surface area contributed by atoms with E-state index in [1.165, 1.54) is 22.8 Å². The summed E-state index contributed by atoms with van der Waals surface area (Å²) < 4.78 is 0. The van der Waals surface area contributed by atoms with Crippen LogP contribution in [0.15, 0.2) is 42.5 Å². The Labute approximate surface area is 113 Å². The van der Waals surface area contributed by atoms with Crippen LogP contribution in [0, 0.1) is 0 Å². The summed E-state index contributed by atoms with van der Waals surface area (Å²) in [7, 11) is 0. The first-order valence-corrected chi connectivity index (χ1v) is 7.17. The average Bonchev–Trinajstić information content (AvgIpc) is 2.41. The van der Waals surface area contributed by atoms with Gasteiger partial charge in [-0.05, 0) is 22.3 Å². The van der Waals surface area contributed by atoms with Crippen LogP contribution in [0.3, 0.4) is 0 Å². The highest BCUT2D eigenvalue weighted by atomic mass is 14.0. The molecule has 0 amide bonds. The molecular weight excluding hydrogens is 216 g/mol. The van der Waals surface area contributed by atoms with Gasteiger partial charge in [0.1, 0.15) is 0 Å². The number of rotatable bonds is 1. The van der Waals surface area contributed by atoms with Gasteiger partial charge in [0.2, 0.25) is 0 Å². The first kappa shape index (κ1) is 16.7. The van der Waals surface area contributed by atoms with Crippen LogP contribution in [0.5, 0.6) is 0 Å². The first-order chi connectivity index (χ1) is 8.69. The van der Waals surface area contributed by atoms with Gasteiger partial charge in [-0.2, -0.15) is 0 Å². The molecule has 0 saturated carbocycles. The Hall–Kier alpha value is -1.30. The van der Waals surface area contributed by atoms with Crippen LogP contribution in [0.1, 0.15) is 59.4 Å². The van der Waals surface area contributed by atoms with Gasteiger partial charge in [-0.25, -0.2) is 0 Å². The monoisotopic (exact) mass is 244 g/mol. The molecule has 18 heavy (non-hydrogen) atoms. The van der Waals surface area contributed by atoms with Gasteiger partial charge in [-0.15, -0.1) is 0 Å². The van der Waals surface area contributed by atoms with E-state index in [0.29, 0.717) is 5.92 Å². The first-order valence-electron chi connectivity index (χ1n) is 7.17. The third-order valence-electron chi connectivity index (χ3n) is 2.44.